The molecule has 1 aliphatic rings. The Labute approximate surface area is 168 Å². The lowest BCUT2D eigenvalue weighted by Crippen LogP contribution is -2.45. The van der Waals surface area contributed by atoms with Crippen molar-refractivity contribution in [3.8, 4) is 0 Å². The molecule has 0 aliphatic heterocycles. The van der Waals surface area contributed by atoms with Crippen LogP contribution in [0.15, 0.2) is 24.3 Å². The van der Waals surface area contributed by atoms with Crippen molar-refractivity contribution < 1.29 is 19.1 Å². The number of H-pyrrole nitrogens is 1. The molecule has 1 heterocycles. The van der Waals surface area contributed by atoms with Gasteiger partial charge in [0.05, 0.1) is 23.7 Å². The van der Waals surface area contributed by atoms with Crippen molar-refractivity contribution in [1.29, 1.82) is 0 Å². The first-order chi connectivity index (χ1) is 13.3. The molecule has 0 radical (unpaired) electrons. The number of esters is 1. The number of halogens is 1. The van der Waals surface area contributed by atoms with Crippen LogP contribution in [0.1, 0.15) is 62.2 Å². The minimum atomic E-state index is -0.685. The first kappa shape index (κ1) is 20.1. The summed E-state index contributed by atoms with van der Waals surface area (Å²) in [5, 5.41) is 0.361. The molecule has 1 N–H and O–H groups in total. The number of carbonyl (C=O) groups excluding carboxylic acids is 3. The van der Waals surface area contributed by atoms with Crippen molar-refractivity contribution in [2.75, 3.05) is 7.11 Å². The Morgan fingerprint density at radius 1 is 1.21 bits per heavy atom. The zero-order valence-corrected chi connectivity index (χ0v) is 17.1. The van der Waals surface area contributed by atoms with Gasteiger partial charge in [0.2, 0.25) is 0 Å². The smallest absolute Gasteiger partial charge is 0.354 e. The molecule has 6 nitrogen and oxygen atoms in total. The van der Waals surface area contributed by atoms with E-state index in [9.17, 15) is 14.4 Å². The van der Waals surface area contributed by atoms with E-state index in [1.165, 1.54) is 7.11 Å². The Bertz CT molecular complexity index is 946. The quantitative estimate of drug-likeness (QED) is 0.586. The van der Waals surface area contributed by atoms with Crippen molar-refractivity contribution in [1.82, 2.24) is 9.88 Å². The zero-order valence-electron chi connectivity index (χ0n) is 16.3. The Hall–Kier alpha value is -2.60. The van der Waals surface area contributed by atoms with E-state index in [-0.39, 0.29) is 23.4 Å². The van der Waals surface area contributed by atoms with Crippen LogP contribution in [0.25, 0.3) is 0 Å². The van der Waals surface area contributed by atoms with E-state index in [2.05, 4.69) is 4.98 Å². The van der Waals surface area contributed by atoms with Crippen LogP contribution >= 0.6 is 11.6 Å². The van der Waals surface area contributed by atoms with Gasteiger partial charge >= 0.3 is 5.97 Å². The predicted octanol–water partition coefficient (Wildman–Crippen LogP) is 3.95. The molecular formula is C21H23ClN2O4. The maximum atomic E-state index is 13.3. The molecule has 1 fully saturated rings. The Kier molecular flexibility index (Phi) is 5.61. The molecule has 148 valence electrons. The second-order valence-corrected chi connectivity index (χ2v) is 7.49. The summed E-state index contributed by atoms with van der Waals surface area (Å²) in [6.45, 7) is 5.16. The maximum Gasteiger partial charge on any atom is 0.354 e. The number of rotatable bonds is 6. The third-order valence-corrected chi connectivity index (χ3v) is 5.48. The number of nitrogens with zero attached hydrogens (tertiary/aromatic N) is 1. The van der Waals surface area contributed by atoms with E-state index in [1.807, 2.05) is 0 Å². The van der Waals surface area contributed by atoms with Crippen molar-refractivity contribution in [2.24, 2.45) is 0 Å². The summed E-state index contributed by atoms with van der Waals surface area (Å²) in [5.74, 6) is -1.000. The predicted molar refractivity (Wildman–Crippen MR) is 106 cm³/mol. The fraction of sp³-hybridized carbons (Fsp3) is 0.381. The number of hydrogen-bond acceptors (Lipinski definition) is 4. The number of nitrogens with one attached hydrogen (secondary N) is 1. The zero-order chi connectivity index (χ0) is 20.6. The van der Waals surface area contributed by atoms with Gasteiger partial charge in [-0.05, 0) is 51.3 Å². The van der Waals surface area contributed by atoms with Crippen molar-refractivity contribution >= 4 is 29.3 Å². The number of aromatic nitrogens is 1. The molecule has 0 bridgehead atoms. The molecule has 3 rings (SSSR count). The average molecular weight is 403 g/mol. The van der Waals surface area contributed by atoms with Gasteiger partial charge in [-0.2, -0.15) is 0 Å². The summed E-state index contributed by atoms with van der Waals surface area (Å²) >= 11 is 6.21. The first-order valence-corrected chi connectivity index (χ1v) is 9.54. The number of aromatic amines is 1. The molecule has 2 aromatic rings. The lowest BCUT2D eigenvalue weighted by molar-refractivity contribution is 0.0591. The average Bonchev–Trinajstić information content (AvgIpc) is 3.45. The highest BCUT2D eigenvalue weighted by Gasteiger charge is 2.40. The summed E-state index contributed by atoms with van der Waals surface area (Å²) in [6.07, 6.45) is 1.71. The molecule has 0 spiro atoms. The van der Waals surface area contributed by atoms with Gasteiger partial charge in [0.25, 0.3) is 5.91 Å². The van der Waals surface area contributed by atoms with E-state index in [1.54, 1.807) is 49.9 Å². The number of amides is 1. The number of carbonyl (C=O) groups is 3. The molecule has 1 saturated carbocycles. The summed E-state index contributed by atoms with van der Waals surface area (Å²) in [6, 6.07) is 6.17. The molecule has 28 heavy (non-hydrogen) atoms. The molecule has 0 saturated heterocycles. The number of hydrogen-bond donors (Lipinski definition) is 1. The lowest BCUT2D eigenvalue weighted by atomic mass is 9.99. The van der Waals surface area contributed by atoms with E-state index >= 15 is 0 Å². The van der Waals surface area contributed by atoms with Gasteiger partial charge in [-0.25, -0.2) is 4.79 Å². The number of methoxy groups -OCH3 is 1. The fourth-order valence-electron chi connectivity index (χ4n) is 3.55. The Balaban J connectivity index is 1.95. The molecule has 1 amide bonds. The number of aryl methyl sites for hydroxylation is 1. The highest BCUT2D eigenvalue weighted by molar-refractivity contribution is 6.33. The molecule has 1 aromatic heterocycles. The van der Waals surface area contributed by atoms with Gasteiger partial charge in [0.1, 0.15) is 5.69 Å². The van der Waals surface area contributed by atoms with Gasteiger partial charge in [0, 0.05) is 17.3 Å². The van der Waals surface area contributed by atoms with Crippen LogP contribution in [0, 0.1) is 13.8 Å². The summed E-state index contributed by atoms with van der Waals surface area (Å²) in [7, 11) is 1.29. The highest BCUT2D eigenvalue weighted by Crippen LogP contribution is 2.33. The molecule has 1 aliphatic carbocycles. The van der Waals surface area contributed by atoms with Gasteiger partial charge in [-0.1, -0.05) is 23.7 Å². The summed E-state index contributed by atoms with van der Waals surface area (Å²) in [5.41, 5.74) is 2.17. The van der Waals surface area contributed by atoms with Gasteiger partial charge in [0.15, 0.2) is 5.78 Å². The van der Waals surface area contributed by atoms with Crippen LogP contribution < -0.4 is 0 Å². The maximum absolute atomic E-state index is 13.3. The second kappa shape index (κ2) is 7.80. The lowest BCUT2D eigenvalue weighted by Gasteiger charge is -2.29. The summed E-state index contributed by atoms with van der Waals surface area (Å²) < 4.78 is 4.77. The van der Waals surface area contributed by atoms with Gasteiger partial charge in [-0.3, -0.25) is 9.59 Å². The molecule has 7 heteroatoms. The van der Waals surface area contributed by atoms with Crippen molar-refractivity contribution in [2.45, 2.75) is 45.7 Å². The SMILES string of the molecule is COC(=O)c1[nH]c(C)c(C(=O)C(C)N(C(=O)c2ccccc2Cl)C2CC2)c1C. The molecule has 1 aromatic carbocycles. The minimum Gasteiger partial charge on any atom is -0.464 e. The van der Waals surface area contributed by atoms with Crippen molar-refractivity contribution in [3.63, 3.8) is 0 Å². The van der Waals surface area contributed by atoms with Crippen LogP contribution in [0.4, 0.5) is 0 Å². The topological polar surface area (TPSA) is 79.5 Å². The minimum absolute atomic E-state index is 0.0161. The normalized spacial score (nSPS) is 14.5. The van der Waals surface area contributed by atoms with E-state index in [0.717, 1.165) is 12.8 Å². The molecular weight excluding hydrogens is 380 g/mol. The number of benzene rings is 1. The highest BCUT2D eigenvalue weighted by atomic mass is 35.5. The third-order valence-electron chi connectivity index (χ3n) is 5.15. The van der Waals surface area contributed by atoms with Crippen LogP contribution in [0.2, 0.25) is 5.02 Å². The number of Topliss-reactive ketones (excluding diaryl/α,β-unsaturated/α-hetero) is 1. The first-order valence-electron chi connectivity index (χ1n) is 9.16. The fourth-order valence-corrected chi connectivity index (χ4v) is 3.76. The monoisotopic (exact) mass is 402 g/mol. The van der Waals surface area contributed by atoms with Crippen molar-refractivity contribution in [3.05, 3.63) is 57.4 Å². The Morgan fingerprint density at radius 3 is 2.43 bits per heavy atom. The van der Waals surface area contributed by atoms with Crippen LogP contribution in [-0.4, -0.2) is 46.7 Å². The molecule has 1 unspecified atom stereocenters. The second-order valence-electron chi connectivity index (χ2n) is 7.08. The number of ether oxygens (including phenoxy) is 1. The van der Waals surface area contributed by atoms with Gasteiger partial charge in [-0.15, -0.1) is 0 Å². The standard InChI is InChI=1S/C21H23ClN2O4/c1-11-17(12(2)23-18(11)21(27)28-4)19(25)13(3)24(14-9-10-14)20(26)15-7-5-6-8-16(15)22/h5-8,13-14,23H,9-10H2,1-4H3. The van der Waals surface area contributed by atoms with Crippen LogP contribution in [0.5, 0.6) is 0 Å². The van der Waals surface area contributed by atoms with E-state index in [4.69, 9.17) is 16.3 Å². The van der Waals surface area contributed by atoms with Crippen LogP contribution in [-0.2, 0) is 4.74 Å². The largest absolute Gasteiger partial charge is 0.464 e. The Morgan fingerprint density at radius 2 is 1.86 bits per heavy atom. The van der Waals surface area contributed by atoms with E-state index in [0.29, 0.717) is 27.4 Å². The van der Waals surface area contributed by atoms with Gasteiger partial charge < -0.3 is 14.6 Å². The molecule has 1 atom stereocenters. The third kappa shape index (κ3) is 3.56. The van der Waals surface area contributed by atoms with E-state index < -0.39 is 12.0 Å². The number of ketones is 1. The van der Waals surface area contributed by atoms with Crippen LogP contribution in [0.3, 0.4) is 0 Å². The summed E-state index contributed by atoms with van der Waals surface area (Å²) in [4.78, 5) is 42.9.